The van der Waals surface area contributed by atoms with Crippen molar-refractivity contribution < 1.29 is 14.6 Å². The molecule has 1 atom stereocenters. The number of aliphatic hydroxyl groups excluding tert-OH is 1. The van der Waals surface area contributed by atoms with Crippen LogP contribution in [0.25, 0.3) is 0 Å². The van der Waals surface area contributed by atoms with Gasteiger partial charge in [0.15, 0.2) is 0 Å². The molecule has 116 valence electrons. The van der Waals surface area contributed by atoms with Crippen molar-refractivity contribution in [3.05, 3.63) is 35.4 Å². The normalized spacial score (nSPS) is 17.3. The van der Waals surface area contributed by atoms with Gasteiger partial charge in [0.25, 0.3) is 0 Å². The summed E-state index contributed by atoms with van der Waals surface area (Å²) in [7, 11) is 0. The minimum atomic E-state index is -0.167. The number of aliphatic hydroxyl groups is 1. The molecule has 1 aliphatic rings. The third-order valence-electron chi connectivity index (χ3n) is 3.90. The lowest BCUT2D eigenvalue weighted by Crippen LogP contribution is -2.33. The minimum absolute atomic E-state index is 0.0731. The predicted octanol–water partition coefficient (Wildman–Crippen LogP) is 2.31. The lowest BCUT2D eigenvalue weighted by Gasteiger charge is -2.28. The van der Waals surface area contributed by atoms with E-state index in [0.717, 1.165) is 12.8 Å². The van der Waals surface area contributed by atoms with E-state index in [-0.39, 0.29) is 18.7 Å². The molecule has 2 rings (SSSR count). The maximum Gasteiger partial charge on any atom is 0.307 e. The lowest BCUT2D eigenvalue weighted by atomic mass is 10.1. The standard InChI is InChI=1S/C17H25NO3/c1-13(2)21-17(20)9-10-18(11-12-19)16-8-7-14-5-3-4-6-15(14)16/h3-6,13,16,19H,7-12H2,1-2H3. The Kier molecular flexibility index (Phi) is 5.76. The molecule has 0 aliphatic heterocycles. The molecular weight excluding hydrogens is 266 g/mol. The topological polar surface area (TPSA) is 49.8 Å². The molecular formula is C17H25NO3. The fourth-order valence-corrected chi connectivity index (χ4v) is 3.02. The summed E-state index contributed by atoms with van der Waals surface area (Å²) in [6, 6.07) is 8.75. The first kappa shape index (κ1) is 16.0. The molecule has 4 heteroatoms. The van der Waals surface area contributed by atoms with Crippen molar-refractivity contribution in [3.8, 4) is 0 Å². The molecule has 1 aromatic rings. The summed E-state index contributed by atoms with van der Waals surface area (Å²) in [6.45, 7) is 5.05. The maximum absolute atomic E-state index is 11.7. The highest BCUT2D eigenvalue weighted by Gasteiger charge is 2.27. The Morgan fingerprint density at radius 1 is 1.38 bits per heavy atom. The molecule has 0 fully saturated rings. The SMILES string of the molecule is CC(C)OC(=O)CCN(CCO)C1CCc2ccccc21. The molecule has 21 heavy (non-hydrogen) atoms. The molecule has 1 N–H and O–H groups in total. The van der Waals surface area contributed by atoms with Crippen molar-refractivity contribution in [1.29, 1.82) is 0 Å². The van der Waals surface area contributed by atoms with Gasteiger partial charge in [-0.15, -0.1) is 0 Å². The average Bonchev–Trinajstić information content (AvgIpc) is 2.86. The first-order valence-electron chi connectivity index (χ1n) is 7.74. The molecule has 0 heterocycles. The Balaban J connectivity index is 1.98. The molecule has 1 aliphatic carbocycles. The van der Waals surface area contributed by atoms with Gasteiger partial charge >= 0.3 is 5.97 Å². The van der Waals surface area contributed by atoms with Crippen molar-refractivity contribution in [2.45, 2.75) is 45.3 Å². The summed E-state index contributed by atoms with van der Waals surface area (Å²) in [5.74, 6) is -0.167. The second kappa shape index (κ2) is 7.57. The van der Waals surface area contributed by atoms with Crippen LogP contribution in [-0.2, 0) is 16.0 Å². The predicted molar refractivity (Wildman–Crippen MR) is 82.0 cm³/mol. The molecule has 0 radical (unpaired) electrons. The van der Waals surface area contributed by atoms with E-state index in [4.69, 9.17) is 4.74 Å². The Morgan fingerprint density at radius 3 is 2.86 bits per heavy atom. The van der Waals surface area contributed by atoms with Crippen LogP contribution >= 0.6 is 0 Å². The highest BCUT2D eigenvalue weighted by Crippen LogP contribution is 2.35. The highest BCUT2D eigenvalue weighted by atomic mass is 16.5. The molecule has 0 saturated carbocycles. The number of rotatable bonds is 7. The Bertz CT molecular complexity index is 473. The van der Waals surface area contributed by atoms with Gasteiger partial charge in [-0.25, -0.2) is 0 Å². The van der Waals surface area contributed by atoms with Crippen molar-refractivity contribution in [1.82, 2.24) is 4.90 Å². The number of hydrogen-bond acceptors (Lipinski definition) is 4. The largest absolute Gasteiger partial charge is 0.463 e. The maximum atomic E-state index is 11.7. The summed E-state index contributed by atoms with van der Waals surface area (Å²) in [4.78, 5) is 13.9. The quantitative estimate of drug-likeness (QED) is 0.783. The molecule has 0 bridgehead atoms. The molecule has 0 aromatic heterocycles. The number of nitrogens with zero attached hydrogens (tertiary/aromatic N) is 1. The number of esters is 1. The van der Waals surface area contributed by atoms with Gasteiger partial charge in [0.05, 0.1) is 19.1 Å². The number of carbonyl (C=O) groups excluding carboxylic acids is 1. The van der Waals surface area contributed by atoms with E-state index in [9.17, 15) is 9.90 Å². The fraction of sp³-hybridized carbons (Fsp3) is 0.588. The van der Waals surface area contributed by atoms with Crippen LogP contribution in [0.3, 0.4) is 0 Å². The van der Waals surface area contributed by atoms with E-state index in [0.29, 0.717) is 25.6 Å². The molecule has 1 unspecified atom stereocenters. The van der Waals surface area contributed by atoms with E-state index in [1.54, 1.807) is 0 Å². The van der Waals surface area contributed by atoms with Crippen molar-refractivity contribution in [2.24, 2.45) is 0 Å². The van der Waals surface area contributed by atoms with Gasteiger partial charge in [-0.3, -0.25) is 9.69 Å². The van der Waals surface area contributed by atoms with Crippen LogP contribution in [0, 0.1) is 0 Å². The van der Waals surface area contributed by atoms with Crippen molar-refractivity contribution >= 4 is 5.97 Å². The van der Waals surface area contributed by atoms with E-state index in [2.05, 4.69) is 29.2 Å². The second-order valence-electron chi connectivity index (χ2n) is 5.80. The summed E-state index contributed by atoms with van der Waals surface area (Å²) in [6.07, 6.45) is 2.42. The van der Waals surface area contributed by atoms with Crippen molar-refractivity contribution in [3.63, 3.8) is 0 Å². The number of carbonyl (C=O) groups is 1. The van der Waals surface area contributed by atoms with E-state index >= 15 is 0 Å². The van der Waals surface area contributed by atoms with Gasteiger partial charge in [-0.2, -0.15) is 0 Å². The van der Waals surface area contributed by atoms with Crippen LogP contribution in [0.15, 0.2) is 24.3 Å². The first-order chi connectivity index (χ1) is 10.1. The molecule has 0 amide bonds. The average molecular weight is 291 g/mol. The number of aryl methyl sites for hydroxylation is 1. The van der Waals surface area contributed by atoms with Crippen LogP contribution in [0.5, 0.6) is 0 Å². The van der Waals surface area contributed by atoms with Gasteiger partial charge in [0.1, 0.15) is 0 Å². The van der Waals surface area contributed by atoms with E-state index < -0.39 is 0 Å². The Hall–Kier alpha value is -1.39. The third kappa shape index (κ3) is 4.29. The van der Waals surface area contributed by atoms with E-state index in [1.165, 1.54) is 11.1 Å². The molecule has 1 aromatic carbocycles. The van der Waals surface area contributed by atoms with Crippen molar-refractivity contribution in [2.75, 3.05) is 19.7 Å². The summed E-state index contributed by atoms with van der Waals surface area (Å²) in [5.41, 5.74) is 2.72. The molecule has 0 saturated heterocycles. The van der Waals surface area contributed by atoms with Gasteiger partial charge in [0, 0.05) is 19.1 Å². The van der Waals surface area contributed by atoms with Crippen LogP contribution in [0.1, 0.15) is 43.9 Å². The van der Waals surface area contributed by atoms with Crippen LogP contribution in [0.2, 0.25) is 0 Å². The van der Waals surface area contributed by atoms with Gasteiger partial charge in [0.2, 0.25) is 0 Å². The number of benzene rings is 1. The van der Waals surface area contributed by atoms with E-state index in [1.807, 2.05) is 13.8 Å². The monoisotopic (exact) mass is 291 g/mol. The Morgan fingerprint density at radius 2 is 2.14 bits per heavy atom. The zero-order valence-corrected chi connectivity index (χ0v) is 12.9. The summed E-state index contributed by atoms with van der Waals surface area (Å²) >= 11 is 0. The zero-order valence-electron chi connectivity index (χ0n) is 12.9. The van der Waals surface area contributed by atoms with Gasteiger partial charge in [-0.05, 0) is 37.8 Å². The molecule has 4 nitrogen and oxygen atoms in total. The second-order valence-corrected chi connectivity index (χ2v) is 5.80. The molecule has 0 spiro atoms. The highest BCUT2D eigenvalue weighted by molar-refractivity contribution is 5.69. The first-order valence-corrected chi connectivity index (χ1v) is 7.74. The summed E-state index contributed by atoms with van der Waals surface area (Å²) < 4.78 is 5.18. The van der Waals surface area contributed by atoms with Crippen LogP contribution in [-0.4, -0.2) is 41.8 Å². The number of fused-ring (bicyclic) bond motifs is 1. The smallest absolute Gasteiger partial charge is 0.307 e. The Labute approximate surface area is 126 Å². The third-order valence-corrected chi connectivity index (χ3v) is 3.90. The minimum Gasteiger partial charge on any atom is -0.463 e. The summed E-state index contributed by atoms with van der Waals surface area (Å²) in [5, 5.41) is 9.30. The zero-order chi connectivity index (χ0) is 15.2. The fourth-order valence-electron chi connectivity index (χ4n) is 3.02. The number of ether oxygens (including phenoxy) is 1. The number of hydrogen-bond donors (Lipinski definition) is 1. The van der Waals surface area contributed by atoms with Gasteiger partial charge < -0.3 is 9.84 Å². The van der Waals surface area contributed by atoms with Crippen LogP contribution < -0.4 is 0 Å². The van der Waals surface area contributed by atoms with Crippen LogP contribution in [0.4, 0.5) is 0 Å². The van der Waals surface area contributed by atoms with Gasteiger partial charge in [-0.1, -0.05) is 24.3 Å². The lowest BCUT2D eigenvalue weighted by molar-refractivity contribution is -0.147.